The standard InChI is InChI=1S/C66H121NO18/c1-3-5-7-9-11-13-15-17-18-19-20-21-22-23-24-25-26-27-28-29-30-32-34-36-38-40-42-44-54(72)67-49(50(71)43-41-39-37-35-33-31-16-14-12-10-8-6-4-2)48-80-64-60(78)57(75)62(52(46-69)82-64)85-66-61(79)58(76)63(53(47-70)83-66)84-65-59(77)56(74)55(73)51(45-68)81-65/h15,17,19-20,41,43,49-53,55-66,68-71,73-79H,3-14,16,18,21-40,42,44-48H2,1-2H3,(H,67,72)/b17-15-,20-19-,43-41+. The highest BCUT2D eigenvalue weighted by Crippen LogP contribution is 2.33. The average Bonchev–Trinajstić information content (AvgIpc) is 2.72. The van der Waals surface area contributed by atoms with Crippen molar-refractivity contribution < 1.29 is 89.4 Å². The van der Waals surface area contributed by atoms with E-state index in [1.165, 1.54) is 167 Å². The lowest BCUT2D eigenvalue weighted by Crippen LogP contribution is -2.66. The van der Waals surface area contributed by atoms with E-state index in [1.54, 1.807) is 6.08 Å². The number of allylic oxidation sites excluding steroid dienone is 5. The minimum Gasteiger partial charge on any atom is -0.394 e. The topological polar surface area (TPSA) is 307 Å². The largest absolute Gasteiger partial charge is 0.394 e. The Balaban J connectivity index is 1.41. The minimum atomic E-state index is -1.98. The first-order chi connectivity index (χ1) is 41.3. The third-order valence-corrected chi connectivity index (χ3v) is 16.9. The van der Waals surface area contributed by atoms with Crippen LogP contribution in [0, 0.1) is 0 Å². The zero-order chi connectivity index (χ0) is 61.9. The molecule has 17 atom stereocenters. The van der Waals surface area contributed by atoms with Gasteiger partial charge in [-0.2, -0.15) is 0 Å². The summed E-state index contributed by atoms with van der Waals surface area (Å²) in [5.74, 6) is -0.275. The summed E-state index contributed by atoms with van der Waals surface area (Å²) in [7, 11) is 0. The molecule has 3 heterocycles. The molecule has 19 heteroatoms. The van der Waals surface area contributed by atoms with Gasteiger partial charge in [0.2, 0.25) is 5.91 Å². The fourth-order valence-electron chi connectivity index (χ4n) is 11.4. The molecule has 0 aromatic rings. The Morgan fingerprint density at radius 2 is 0.776 bits per heavy atom. The number of hydrogen-bond donors (Lipinski definition) is 12. The molecule has 3 fully saturated rings. The number of aliphatic hydroxyl groups is 11. The molecule has 3 saturated heterocycles. The highest BCUT2D eigenvalue weighted by molar-refractivity contribution is 5.76. The first-order valence-electron chi connectivity index (χ1n) is 33.7. The van der Waals surface area contributed by atoms with Gasteiger partial charge in [0.15, 0.2) is 18.9 Å². The maximum Gasteiger partial charge on any atom is 0.220 e. The summed E-state index contributed by atoms with van der Waals surface area (Å²) in [5, 5.41) is 120. The Bertz CT molecular complexity index is 1690. The lowest BCUT2D eigenvalue weighted by Gasteiger charge is -2.48. The monoisotopic (exact) mass is 1220 g/mol. The van der Waals surface area contributed by atoms with Gasteiger partial charge < -0.3 is 89.9 Å². The summed E-state index contributed by atoms with van der Waals surface area (Å²) >= 11 is 0. The third-order valence-electron chi connectivity index (χ3n) is 16.9. The molecule has 85 heavy (non-hydrogen) atoms. The molecule has 3 rings (SSSR count). The Morgan fingerprint density at radius 3 is 1.20 bits per heavy atom. The number of carbonyl (C=O) groups excluding carboxylic acids is 1. The van der Waals surface area contributed by atoms with E-state index in [2.05, 4.69) is 43.5 Å². The second-order valence-electron chi connectivity index (χ2n) is 24.3. The second-order valence-corrected chi connectivity index (χ2v) is 24.3. The van der Waals surface area contributed by atoms with Crippen molar-refractivity contribution in [1.29, 1.82) is 0 Å². The number of hydrogen-bond acceptors (Lipinski definition) is 18. The van der Waals surface area contributed by atoms with Crippen molar-refractivity contribution >= 4 is 5.91 Å². The molecular weight excluding hydrogens is 1090 g/mol. The molecule has 0 aliphatic carbocycles. The number of nitrogens with one attached hydrogen (secondary N) is 1. The van der Waals surface area contributed by atoms with Gasteiger partial charge in [-0.05, 0) is 51.4 Å². The Morgan fingerprint density at radius 1 is 0.424 bits per heavy atom. The van der Waals surface area contributed by atoms with Crippen molar-refractivity contribution in [3.63, 3.8) is 0 Å². The minimum absolute atomic E-state index is 0.244. The van der Waals surface area contributed by atoms with E-state index in [0.717, 1.165) is 51.4 Å². The summed E-state index contributed by atoms with van der Waals surface area (Å²) in [4.78, 5) is 13.4. The molecule has 0 radical (unpaired) electrons. The predicted octanol–water partition coefficient (Wildman–Crippen LogP) is 8.05. The summed E-state index contributed by atoms with van der Waals surface area (Å²) in [6.45, 7) is 1.72. The molecular formula is C66H121NO18. The zero-order valence-electron chi connectivity index (χ0n) is 52.3. The second kappa shape index (κ2) is 48.8. The van der Waals surface area contributed by atoms with Gasteiger partial charge in [-0.1, -0.05) is 224 Å². The van der Waals surface area contributed by atoms with E-state index in [0.29, 0.717) is 6.42 Å². The molecule has 0 saturated carbocycles. The van der Waals surface area contributed by atoms with Crippen LogP contribution in [0.5, 0.6) is 0 Å². The van der Waals surface area contributed by atoms with E-state index in [1.807, 2.05) is 6.08 Å². The van der Waals surface area contributed by atoms with E-state index >= 15 is 0 Å². The van der Waals surface area contributed by atoms with Gasteiger partial charge in [0.1, 0.15) is 73.2 Å². The zero-order valence-corrected chi connectivity index (χ0v) is 52.3. The number of amides is 1. The summed E-state index contributed by atoms with van der Waals surface area (Å²) < 4.78 is 34.3. The Labute approximate surface area is 511 Å². The van der Waals surface area contributed by atoms with Crippen LogP contribution in [-0.2, 0) is 33.2 Å². The van der Waals surface area contributed by atoms with Gasteiger partial charge in [-0.15, -0.1) is 0 Å². The van der Waals surface area contributed by atoms with Crippen LogP contribution < -0.4 is 5.32 Å². The normalized spacial score (nSPS) is 29.2. The van der Waals surface area contributed by atoms with E-state index in [9.17, 15) is 61.0 Å². The van der Waals surface area contributed by atoms with Crippen molar-refractivity contribution in [1.82, 2.24) is 5.32 Å². The molecule has 0 aromatic carbocycles. The van der Waals surface area contributed by atoms with Crippen molar-refractivity contribution in [2.45, 2.75) is 349 Å². The van der Waals surface area contributed by atoms with Crippen molar-refractivity contribution in [2.75, 3.05) is 26.4 Å². The highest BCUT2D eigenvalue weighted by atomic mass is 16.8. The Kier molecular flexibility index (Phi) is 44.4. The summed E-state index contributed by atoms with van der Waals surface area (Å²) in [6, 6.07) is -0.971. The van der Waals surface area contributed by atoms with Crippen LogP contribution >= 0.6 is 0 Å². The van der Waals surface area contributed by atoms with Crippen LogP contribution in [0.3, 0.4) is 0 Å². The van der Waals surface area contributed by atoms with Gasteiger partial charge in [0, 0.05) is 6.42 Å². The Hall–Kier alpha value is -1.99. The molecule has 19 nitrogen and oxygen atoms in total. The maximum atomic E-state index is 13.4. The molecule has 0 bridgehead atoms. The molecule has 17 unspecified atom stereocenters. The lowest BCUT2D eigenvalue weighted by molar-refractivity contribution is -0.379. The van der Waals surface area contributed by atoms with Crippen molar-refractivity contribution in [3.8, 4) is 0 Å². The first kappa shape index (κ1) is 77.3. The molecule has 0 aromatic heterocycles. The molecule has 3 aliphatic rings. The fourth-order valence-corrected chi connectivity index (χ4v) is 11.4. The molecule has 1 amide bonds. The van der Waals surface area contributed by atoms with Crippen LogP contribution in [0.15, 0.2) is 36.5 Å². The van der Waals surface area contributed by atoms with Crippen LogP contribution in [-0.4, -0.2) is 193 Å². The highest BCUT2D eigenvalue weighted by Gasteiger charge is 2.53. The summed E-state index contributed by atoms with van der Waals surface area (Å²) in [5.41, 5.74) is 0. The number of unbranched alkanes of at least 4 members (excludes halogenated alkanes) is 31. The van der Waals surface area contributed by atoms with Gasteiger partial charge in [0.25, 0.3) is 0 Å². The van der Waals surface area contributed by atoms with Crippen LogP contribution in [0.1, 0.15) is 245 Å². The summed E-state index contributed by atoms with van der Waals surface area (Å²) in [6.07, 6.45) is 28.4. The van der Waals surface area contributed by atoms with E-state index in [4.69, 9.17) is 28.4 Å². The number of carbonyl (C=O) groups is 1. The van der Waals surface area contributed by atoms with E-state index < -0.39 is 124 Å². The average molecular weight is 1220 g/mol. The van der Waals surface area contributed by atoms with Crippen LogP contribution in [0.25, 0.3) is 0 Å². The quantitative estimate of drug-likeness (QED) is 0.0202. The molecule has 12 N–H and O–H groups in total. The maximum absolute atomic E-state index is 13.4. The third kappa shape index (κ3) is 31.5. The van der Waals surface area contributed by atoms with Gasteiger partial charge in [-0.3, -0.25) is 4.79 Å². The number of aliphatic hydroxyl groups excluding tert-OH is 11. The molecule has 0 spiro atoms. The van der Waals surface area contributed by atoms with Crippen molar-refractivity contribution in [2.24, 2.45) is 0 Å². The van der Waals surface area contributed by atoms with Gasteiger partial charge in [-0.25, -0.2) is 0 Å². The SMILES string of the molecule is CCCCCCC/C=C\C/C=C\CCCCCCCCCCCCCCCCCC(=O)NC(COC1OC(CO)C(OC2OC(CO)C(OC3OC(CO)C(O)C(O)C3O)C(O)C2O)C(O)C1O)C(O)/C=C/CCCCCCCCCCCCC. The van der Waals surface area contributed by atoms with Crippen molar-refractivity contribution in [3.05, 3.63) is 36.5 Å². The van der Waals surface area contributed by atoms with Crippen LogP contribution in [0.4, 0.5) is 0 Å². The lowest BCUT2D eigenvalue weighted by atomic mass is 9.96. The first-order valence-corrected chi connectivity index (χ1v) is 33.7. The van der Waals surface area contributed by atoms with Gasteiger partial charge >= 0.3 is 0 Å². The smallest absolute Gasteiger partial charge is 0.220 e. The molecule has 498 valence electrons. The van der Waals surface area contributed by atoms with Crippen LogP contribution in [0.2, 0.25) is 0 Å². The fraction of sp³-hybridized carbons (Fsp3) is 0.894. The number of rotatable bonds is 51. The predicted molar refractivity (Wildman–Crippen MR) is 328 cm³/mol. The number of ether oxygens (including phenoxy) is 6. The van der Waals surface area contributed by atoms with Gasteiger partial charge in [0.05, 0.1) is 38.6 Å². The van der Waals surface area contributed by atoms with E-state index in [-0.39, 0.29) is 18.9 Å². The molecule has 3 aliphatic heterocycles.